The summed E-state index contributed by atoms with van der Waals surface area (Å²) in [5, 5.41) is 6.62. The number of ether oxygens (including phenoxy) is 2. The average molecular weight is 266 g/mol. The first-order valence-corrected chi connectivity index (χ1v) is 6.71. The number of hydrogen-bond acceptors (Lipinski definition) is 6. The van der Waals surface area contributed by atoms with Gasteiger partial charge in [0.1, 0.15) is 18.2 Å². The molecule has 0 spiro atoms. The molecule has 0 saturated carbocycles. The molecule has 6 heteroatoms. The van der Waals surface area contributed by atoms with Crippen molar-refractivity contribution in [2.45, 2.75) is 39.0 Å². The molecule has 0 aliphatic carbocycles. The van der Waals surface area contributed by atoms with Gasteiger partial charge < -0.3 is 20.1 Å². The summed E-state index contributed by atoms with van der Waals surface area (Å²) in [4.78, 5) is 8.85. The second-order valence-electron chi connectivity index (χ2n) is 4.63. The minimum absolute atomic E-state index is 0.212. The van der Waals surface area contributed by atoms with Gasteiger partial charge in [-0.3, -0.25) is 0 Å². The zero-order chi connectivity index (χ0) is 13.7. The van der Waals surface area contributed by atoms with E-state index in [0.29, 0.717) is 18.5 Å². The van der Waals surface area contributed by atoms with Crippen molar-refractivity contribution in [3.63, 3.8) is 0 Å². The Hall–Kier alpha value is -1.40. The molecule has 0 aromatic carbocycles. The normalized spacial score (nSPS) is 22.5. The molecule has 1 aromatic rings. The van der Waals surface area contributed by atoms with E-state index in [4.69, 9.17) is 9.47 Å². The average Bonchev–Trinajstić information content (AvgIpc) is 2.76. The lowest BCUT2D eigenvalue weighted by Gasteiger charge is -2.17. The van der Waals surface area contributed by atoms with E-state index in [9.17, 15) is 0 Å². The molecule has 2 heterocycles. The highest BCUT2D eigenvalue weighted by atomic mass is 16.5. The van der Waals surface area contributed by atoms with Gasteiger partial charge in [0, 0.05) is 26.3 Å². The zero-order valence-electron chi connectivity index (χ0n) is 11.8. The predicted octanol–water partition coefficient (Wildman–Crippen LogP) is 1.64. The van der Waals surface area contributed by atoms with Crippen molar-refractivity contribution in [3.8, 4) is 0 Å². The van der Waals surface area contributed by atoms with Crippen LogP contribution in [0.2, 0.25) is 0 Å². The minimum atomic E-state index is 0.212. The van der Waals surface area contributed by atoms with Crippen molar-refractivity contribution < 1.29 is 9.47 Å². The summed E-state index contributed by atoms with van der Waals surface area (Å²) >= 11 is 0. The largest absolute Gasteiger partial charge is 0.377 e. The Morgan fingerprint density at radius 3 is 2.84 bits per heavy atom. The Balaban J connectivity index is 2.13. The van der Waals surface area contributed by atoms with Crippen molar-refractivity contribution in [2.75, 3.05) is 30.9 Å². The Kier molecular flexibility index (Phi) is 4.93. The van der Waals surface area contributed by atoms with Crippen molar-refractivity contribution >= 4 is 11.6 Å². The van der Waals surface area contributed by atoms with Crippen molar-refractivity contribution in [1.29, 1.82) is 0 Å². The molecule has 0 amide bonds. The van der Waals surface area contributed by atoms with Gasteiger partial charge in [-0.15, -0.1) is 0 Å². The topological polar surface area (TPSA) is 68.3 Å². The highest BCUT2D eigenvalue weighted by molar-refractivity contribution is 5.48. The van der Waals surface area contributed by atoms with E-state index in [-0.39, 0.29) is 6.10 Å². The molecule has 1 aliphatic heterocycles. The number of rotatable bonds is 6. The monoisotopic (exact) mass is 266 g/mol. The van der Waals surface area contributed by atoms with Crippen LogP contribution in [0.15, 0.2) is 6.07 Å². The maximum Gasteiger partial charge on any atom is 0.158 e. The van der Waals surface area contributed by atoms with Gasteiger partial charge in [-0.25, -0.2) is 9.97 Å². The van der Waals surface area contributed by atoms with Gasteiger partial charge in [0.05, 0.1) is 12.1 Å². The third-order valence-electron chi connectivity index (χ3n) is 3.11. The summed E-state index contributed by atoms with van der Waals surface area (Å²) in [6.07, 6.45) is 1.21. The first-order valence-electron chi connectivity index (χ1n) is 6.71. The molecular formula is C13H22N4O2. The van der Waals surface area contributed by atoms with Crippen LogP contribution < -0.4 is 10.6 Å². The zero-order valence-corrected chi connectivity index (χ0v) is 11.8. The fourth-order valence-corrected chi connectivity index (χ4v) is 2.15. The molecule has 1 saturated heterocycles. The van der Waals surface area contributed by atoms with Crippen molar-refractivity contribution in [3.05, 3.63) is 11.9 Å². The van der Waals surface area contributed by atoms with E-state index in [1.54, 1.807) is 7.11 Å². The van der Waals surface area contributed by atoms with Crippen LogP contribution in [0.4, 0.5) is 11.6 Å². The first-order chi connectivity index (χ1) is 9.22. The number of anilines is 2. The molecule has 1 aliphatic rings. The summed E-state index contributed by atoms with van der Waals surface area (Å²) in [6.45, 7) is 6.15. The quantitative estimate of drug-likeness (QED) is 0.816. The van der Waals surface area contributed by atoms with E-state index in [2.05, 4.69) is 27.5 Å². The van der Waals surface area contributed by atoms with Gasteiger partial charge in [-0.05, 0) is 20.3 Å². The summed E-state index contributed by atoms with van der Waals surface area (Å²) in [6, 6.07) is 2.23. The fraction of sp³-hybridized carbons (Fsp3) is 0.692. The molecule has 2 N–H and O–H groups in total. The van der Waals surface area contributed by atoms with Crippen LogP contribution >= 0.6 is 0 Å². The van der Waals surface area contributed by atoms with E-state index in [1.165, 1.54) is 0 Å². The molecule has 2 rings (SSSR count). The highest BCUT2D eigenvalue weighted by Crippen LogP contribution is 2.19. The molecule has 0 bridgehead atoms. The van der Waals surface area contributed by atoms with Gasteiger partial charge in [-0.2, -0.15) is 0 Å². The van der Waals surface area contributed by atoms with Crippen LogP contribution in [0.5, 0.6) is 0 Å². The molecule has 0 radical (unpaired) electrons. The lowest BCUT2D eigenvalue weighted by atomic mass is 10.1. The van der Waals surface area contributed by atoms with Gasteiger partial charge in [0.15, 0.2) is 5.82 Å². The fourth-order valence-electron chi connectivity index (χ4n) is 2.15. The van der Waals surface area contributed by atoms with Crippen LogP contribution in [0.1, 0.15) is 26.1 Å². The number of nitrogens with one attached hydrogen (secondary N) is 2. The van der Waals surface area contributed by atoms with Crippen LogP contribution in [-0.2, 0) is 16.1 Å². The van der Waals surface area contributed by atoms with Crippen LogP contribution in [0.3, 0.4) is 0 Å². The molecule has 2 unspecified atom stereocenters. The predicted molar refractivity (Wildman–Crippen MR) is 74.4 cm³/mol. The van der Waals surface area contributed by atoms with Gasteiger partial charge in [0.2, 0.25) is 0 Å². The molecule has 106 valence electrons. The second kappa shape index (κ2) is 6.68. The smallest absolute Gasteiger partial charge is 0.158 e. The number of nitrogens with zero attached hydrogens (tertiary/aromatic N) is 2. The number of hydrogen-bond donors (Lipinski definition) is 2. The maximum atomic E-state index is 5.55. The summed E-state index contributed by atoms with van der Waals surface area (Å²) in [5.74, 6) is 2.31. The minimum Gasteiger partial charge on any atom is -0.377 e. The van der Waals surface area contributed by atoms with Gasteiger partial charge in [0.25, 0.3) is 0 Å². The Morgan fingerprint density at radius 1 is 1.42 bits per heavy atom. The van der Waals surface area contributed by atoms with Crippen LogP contribution in [0.25, 0.3) is 0 Å². The Bertz CT molecular complexity index is 389. The van der Waals surface area contributed by atoms with Gasteiger partial charge in [-0.1, -0.05) is 0 Å². The molecule has 1 fully saturated rings. The first kappa shape index (κ1) is 14.0. The maximum absolute atomic E-state index is 5.55. The van der Waals surface area contributed by atoms with E-state index in [0.717, 1.165) is 31.2 Å². The molecule has 19 heavy (non-hydrogen) atoms. The van der Waals surface area contributed by atoms with E-state index < -0.39 is 0 Å². The van der Waals surface area contributed by atoms with Crippen molar-refractivity contribution in [2.24, 2.45) is 0 Å². The van der Waals surface area contributed by atoms with Crippen LogP contribution in [0, 0.1) is 0 Å². The Morgan fingerprint density at radius 2 is 2.21 bits per heavy atom. The molecular weight excluding hydrogens is 244 g/mol. The third kappa shape index (κ3) is 3.78. The molecule has 6 nitrogen and oxygen atoms in total. The van der Waals surface area contributed by atoms with E-state index in [1.807, 2.05) is 13.0 Å². The Labute approximate surface area is 113 Å². The number of methoxy groups -OCH3 is 1. The number of aromatic nitrogens is 2. The lowest BCUT2D eigenvalue weighted by molar-refractivity contribution is 0.121. The van der Waals surface area contributed by atoms with E-state index >= 15 is 0 Å². The van der Waals surface area contributed by atoms with Crippen molar-refractivity contribution in [1.82, 2.24) is 9.97 Å². The third-order valence-corrected chi connectivity index (χ3v) is 3.11. The second-order valence-corrected chi connectivity index (χ2v) is 4.63. The summed E-state index contributed by atoms with van der Waals surface area (Å²) in [5.41, 5.74) is 0. The SMILES string of the molecule is CCNc1cc(NC2CCOC2C)nc(COC)n1. The van der Waals surface area contributed by atoms with Crippen LogP contribution in [-0.4, -0.2) is 42.4 Å². The molecule has 1 aromatic heterocycles. The lowest BCUT2D eigenvalue weighted by Crippen LogP contribution is -2.27. The summed E-state index contributed by atoms with van der Waals surface area (Å²) in [7, 11) is 1.64. The summed E-state index contributed by atoms with van der Waals surface area (Å²) < 4.78 is 10.6. The van der Waals surface area contributed by atoms with Gasteiger partial charge >= 0.3 is 0 Å². The molecule has 2 atom stereocenters. The standard InChI is InChI=1S/C13H22N4O2/c1-4-14-11-7-12(17-13(16-11)8-18-3)15-10-5-6-19-9(10)2/h7,9-10H,4-6,8H2,1-3H3,(H2,14,15,16,17). The highest BCUT2D eigenvalue weighted by Gasteiger charge is 2.24.